The maximum Gasteiger partial charge on any atom is 0.119 e. The first-order valence-electron chi connectivity index (χ1n) is 8.29. The lowest BCUT2D eigenvalue weighted by molar-refractivity contribution is 0.0871. The standard InChI is InChI=1S/C18H24ClN3OS/c1-12-11-22(24-18-13(2)20-21(4)14(18)3)10-9-17(12)23-16-7-5-15(19)6-8-16/h5-8,12,17H,9-11H2,1-4H3. The number of aryl methyl sites for hydroxylation is 2. The van der Waals surface area contributed by atoms with Gasteiger partial charge in [0.05, 0.1) is 16.3 Å². The second kappa shape index (κ2) is 7.38. The molecule has 0 bridgehead atoms. The highest BCUT2D eigenvalue weighted by atomic mass is 35.5. The summed E-state index contributed by atoms with van der Waals surface area (Å²) in [5, 5.41) is 5.25. The van der Waals surface area contributed by atoms with Crippen LogP contribution in [-0.2, 0) is 7.05 Å². The molecule has 6 heteroatoms. The van der Waals surface area contributed by atoms with Crippen LogP contribution in [0, 0.1) is 19.8 Å². The minimum Gasteiger partial charge on any atom is -0.490 e. The van der Waals surface area contributed by atoms with Gasteiger partial charge in [-0.1, -0.05) is 18.5 Å². The van der Waals surface area contributed by atoms with E-state index >= 15 is 0 Å². The van der Waals surface area contributed by atoms with E-state index in [1.165, 1.54) is 10.6 Å². The molecule has 130 valence electrons. The van der Waals surface area contributed by atoms with Crippen LogP contribution < -0.4 is 4.74 Å². The van der Waals surface area contributed by atoms with Crippen LogP contribution in [0.1, 0.15) is 24.7 Å². The molecule has 0 spiro atoms. The second-order valence-corrected chi connectivity index (χ2v) is 8.02. The Morgan fingerprint density at radius 2 is 1.96 bits per heavy atom. The highest BCUT2D eigenvalue weighted by Crippen LogP contribution is 2.33. The third-order valence-corrected chi connectivity index (χ3v) is 6.17. The summed E-state index contributed by atoms with van der Waals surface area (Å²) in [6.45, 7) is 8.49. The quantitative estimate of drug-likeness (QED) is 0.747. The third kappa shape index (κ3) is 3.90. The Morgan fingerprint density at radius 1 is 1.25 bits per heavy atom. The summed E-state index contributed by atoms with van der Waals surface area (Å²) in [6.07, 6.45) is 1.27. The number of nitrogens with zero attached hydrogens (tertiary/aromatic N) is 3. The van der Waals surface area contributed by atoms with Crippen molar-refractivity contribution in [3.8, 4) is 5.75 Å². The van der Waals surface area contributed by atoms with E-state index in [0.717, 1.165) is 36.0 Å². The van der Waals surface area contributed by atoms with Gasteiger partial charge in [0.25, 0.3) is 0 Å². The topological polar surface area (TPSA) is 30.3 Å². The Kier molecular flexibility index (Phi) is 5.42. The lowest BCUT2D eigenvalue weighted by atomic mass is 9.98. The molecule has 0 N–H and O–H groups in total. The molecule has 2 unspecified atom stereocenters. The van der Waals surface area contributed by atoms with Crippen LogP contribution in [0.15, 0.2) is 29.2 Å². The van der Waals surface area contributed by atoms with Gasteiger partial charge in [0, 0.05) is 31.1 Å². The summed E-state index contributed by atoms with van der Waals surface area (Å²) in [5.74, 6) is 1.37. The van der Waals surface area contributed by atoms with Gasteiger partial charge in [-0.05, 0) is 56.5 Å². The number of halogens is 1. The first-order valence-corrected chi connectivity index (χ1v) is 9.44. The lowest BCUT2D eigenvalue weighted by Crippen LogP contribution is -2.41. The van der Waals surface area contributed by atoms with Gasteiger partial charge in [0.15, 0.2) is 0 Å². The van der Waals surface area contributed by atoms with Gasteiger partial charge in [0.2, 0.25) is 0 Å². The molecule has 0 aliphatic carbocycles. The van der Waals surface area contributed by atoms with Gasteiger partial charge in [-0.2, -0.15) is 5.10 Å². The molecule has 4 nitrogen and oxygen atoms in total. The fourth-order valence-corrected chi connectivity index (χ4v) is 4.37. The Hall–Kier alpha value is -1.17. The fourth-order valence-electron chi connectivity index (χ4n) is 3.05. The largest absolute Gasteiger partial charge is 0.490 e. The van der Waals surface area contributed by atoms with Crippen LogP contribution in [0.2, 0.25) is 5.02 Å². The molecule has 3 rings (SSSR count). The number of benzene rings is 1. The summed E-state index contributed by atoms with van der Waals surface area (Å²) in [7, 11) is 2.00. The van der Waals surface area contributed by atoms with Crippen LogP contribution in [0.5, 0.6) is 5.75 Å². The number of piperidine rings is 1. The molecule has 1 saturated heterocycles. The maximum atomic E-state index is 6.16. The molecule has 2 atom stereocenters. The molecule has 1 aliphatic heterocycles. The van der Waals surface area contributed by atoms with Crippen molar-refractivity contribution in [3.63, 3.8) is 0 Å². The van der Waals surface area contributed by atoms with E-state index in [1.807, 2.05) is 47.9 Å². The molecule has 1 aromatic heterocycles. The van der Waals surface area contributed by atoms with Crippen molar-refractivity contribution in [3.05, 3.63) is 40.7 Å². The highest BCUT2D eigenvalue weighted by Gasteiger charge is 2.29. The number of hydrogen-bond acceptors (Lipinski definition) is 4. The number of aromatic nitrogens is 2. The van der Waals surface area contributed by atoms with E-state index in [4.69, 9.17) is 16.3 Å². The van der Waals surface area contributed by atoms with E-state index in [9.17, 15) is 0 Å². The smallest absolute Gasteiger partial charge is 0.119 e. The number of rotatable bonds is 4. The Morgan fingerprint density at radius 3 is 2.54 bits per heavy atom. The van der Waals surface area contributed by atoms with Gasteiger partial charge in [0.1, 0.15) is 11.9 Å². The summed E-state index contributed by atoms with van der Waals surface area (Å²) < 4.78 is 10.6. The minimum atomic E-state index is 0.249. The monoisotopic (exact) mass is 365 g/mol. The molecular formula is C18H24ClN3OS. The van der Waals surface area contributed by atoms with Crippen LogP contribution >= 0.6 is 23.5 Å². The normalized spacial score (nSPS) is 21.9. The molecular weight excluding hydrogens is 342 g/mol. The molecule has 1 aromatic carbocycles. The van der Waals surface area contributed by atoms with Crippen molar-refractivity contribution >= 4 is 23.5 Å². The predicted octanol–water partition coefficient (Wildman–Crippen LogP) is 4.49. The average Bonchev–Trinajstić information content (AvgIpc) is 2.78. The minimum absolute atomic E-state index is 0.249. The van der Waals surface area contributed by atoms with Crippen LogP contribution in [-0.4, -0.2) is 33.3 Å². The predicted molar refractivity (Wildman–Crippen MR) is 99.8 cm³/mol. The van der Waals surface area contributed by atoms with Gasteiger partial charge in [-0.3, -0.25) is 4.68 Å². The van der Waals surface area contributed by atoms with E-state index in [2.05, 4.69) is 30.2 Å². The molecule has 1 fully saturated rings. The summed E-state index contributed by atoms with van der Waals surface area (Å²) in [4.78, 5) is 1.28. The summed E-state index contributed by atoms with van der Waals surface area (Å²) >= 11 is 7.76. The van der Waals surface area contributed by atoms with E-state index in [1.54, 1.807) is 0 Å². The zero-order valence-corrected chi connectivity index (χ0v) is 16.2. The van der Waals surface area contributed by atoms with Gasteiger partial charge >= 0.3 is 0 Å². The van der Waals surface area contributed by atoms with Crippen molar-refractivity contribution in [1.29, 1.82) is 0 Å². The third-order valence-electron chi connectivity index (χ3n) is 4.55. The second-order valence-electron chi connectivity index (χ2n) is 6.48. The van der Waals surface area contributed by atoms with Crippen LogP contribution in [0.25, 0.3) is 0 Å². The van der Waals surface area contributed by atoms with Crippen LogP contribution in [0.4, 0.5) is 0 Å². The van der Waals surface area contributed by atoms with Crippen molar-refractivity contribution in [2.75, 3.05) is 13.1 Å². The van der Waals surface area contributed by atoms with E-state index < -0.39 is 0 Å². The van der Waals surface area contributed by atoms with Crippen molar-refractivity contribution in [2.45, 2.75) is 38.2 Å². The van der Waals surface area contributed by atoms with Gasteiger partial charge in [-0.15, -0.1) is 0 Å². The summed E-state index contributed by atoms with van der Waals surface area (Å²) in [5.41, 5.74) is 2.33. The highest BCUT2D eigenvalue weighted by molar-refractivity contribution is 7.97. The Balaban J connectivity index is 1.59. The van der Waals surface area contributed by atoms with Crippen LogP contribution in [0.3, 0.4) is 0 Å². The first-order chi connectivity index (χ1) is 11.4. The zero-order valence-electron chi connectivity index (χ0n) is 14.6. The molecule has 1 aliphatic rings. The van der Waals surface area contributed by atoms with E-state index in [-0.39, 0.29) is 6.10 Å². The average molecular weight is 366 g/mol. The van der Waals surface area contributed by atoms with Gasteiger partial charge in [-0.25, -0.2) is 4.31 Å². The fraction of sp³-hybridized carbons (Fsp3) is 0.500. The molecule has 0 saturated carbocycles. The molecule has 2 aromatic rings. The Labute approximate surface area is 153 Å². The molecule has 2 heterocycles. The molecule has 24 heavy (non-hydrogen) atoms. The summed E-state index contributed by atoms with van der Waals surface area (Å²) in [6, 6.07) is 7.64. The first kappa shape index (κ1) is 17.6. The molecule has 0 radical (unpaired) electrons. The lowest BCUT2D eigenvalue weighted by Gasteiger charge is -2.36. The Bertz CT molecular complexity index is 701. The van der Waals surface area contributed by atoms with Crippen molar-refractivity contribution in [1.82, 2.24) is 14.1 Å². The van der Waals surface area contributed by atoms with Crippen molar-refractivity contribution < 1.29 is 4.74 Å². The number of hydrogen-bond donors (Lipinski definition) is 0. The SMILES string of the molecule is Cc1nn(C)c(C)c1SN1CCC(Oc2ccc(Cl)cc2)C(C)C1. The van der Waals surface area contributed by atoms with Gasteiger partial charge < -0.3 is 4.74 Å². The van der Waals surface area contributed by atoms with E-state index in [0.29, 0.717) is 5.92 Å². The van der Waals surface area contributed by atoms with Crippen molar-refractivity contribution in [2.24, 2.45) is 13.0 Å². The maximum absolute atomic E-state index is 6.16. The zero-order chi connectivity index (χ0) is 17.3. The molecule has 0 amide bonds. The number of ether oxygens (including phenoxy) is 1.